The highest BCUT2D eigenvalue weighted by molar-refractivity contribution is 8.14. The molecule has 0 fully saturated rings. The molecule has 1 aromatic rings. The van der Waals surface area contributed by atoms with Crippen molar-refractivity contribution in [1.29, 1.82) is 0 Å². The Hall–Kier alpha value is -1.49. The third kappa shape index (κ3) is 5.40. The Kier molecular flexibility index (Phi) is 5.56. The SMILES string of the molecule is CN(C)C(=O)SCC(=O)OCc1ccccc1. The molecule has 0 saturated carbocycles. The largest absolute Gasteiger partial charge is 0.460 e. The van der Waals surface area contributed by atoms with Crippen molar-refractivity contribution >= 4 is 23.0 Å². The van der Waals surface area contributed by atoms with Gasteiger partial charge in [0.05, 0.1) is 0 Å². The quantitative estimate of drug-likeness (QED) is 0.771. The van der Waals surface area contributed by atoms with Crippen LogP contribution < -0.4 is 0 Å². The van der Waals surface area contributed by atoms with E-state index in [0.717, 1.165) is 17.3 Å². The van der Waals surface area contributed by atoms with E-state index in [2.05, 4.69) is 0 Å². The zero-order chi connectivity index (χ0) is 12.7. The van der Waals surface area contributed by atoms with Crippen molar-refractivity contribution in [2.45, 2.75) is 6.61 Å². The number of rotatable bonds is 4. The van der Waals surface area contributed by atoms with Crippen LogP contribution in [0.4, 0.5) is 4.79 Å². The van der Waals surface area contributed by atoms with Crippen molar-refractivity contribution in [2.75, 3.05) is 19.8 Å². The molecule has 0 aliphatic carbocycles. The number of hydrogen-bond donors (Lipinski definition) is 0. The molecule has 1 rings (SSSR count). The Bertz CT molecular complexity index is 379. The number of benzene rings is 1. The molecule has 0 saturated heterocycles. The molecule has 0 aliphatic heterocycles. The number of carbonyl (C=O) groups is 2. The van der Waals surface area contributed by atoms with E-state index in [1.807, 2.05) is 30.3 Å². The van der Waals surface area contributed by atoms with Crippen LogP contribution in [0.25, 0.3) is 0 Å². The molecule has 0 radical (unpaired) electrons. The molecule has 0 spiro atoms. The van der Waals surface area contributed by atoms with Gasteiger partial charge in [0.2, 0.25) is 0 Å². The van der Waals surface area contributed by atoms with Gasteiger partial charge in [-0.3, -0.25) is 9.59 Å². The van der Waals surface area contributed by atoms with Crippen LogP contribution in [-0.4, -0.2) is 36.0 Å². The molecule has 0 aliphatic rings. The lowest BCUT2D eigenvalue weighted by molar-refractivity contribution is -0.141. The molecule has 92 valence electrons. The first kappa shape index (κ1) is 13.6. The zero-order valence-electron chi connectivity index (χ0n) is 9.88. The van der Waals surface area contributed by atoms with Crippen molar-refractivity contribution in [3.8, 4) is 0 Å². The number of carbonyl (C=O) groups excluding carboxylic acids is 2. The van der Waals surface area contributed by atoms with E-state index in [1.54, 1.807) is 14.1 Å². The van der Waals surface area contributed by atoms with E-state index in [1.165, 1.54) is 4.90 Å². The molecule has 5 heteroatoms. The Morgan fingerprint density at radius 3 is 2.47 bits per heavy atom. The molecule has 4 nitrogen and oxygen atoms in total. The van der Waals surface area contributed by atoms with Crippen LogP contribution in [0.15, 0.2) is 30.3 Å². The molecule has 1 aromatic carbocycles. The molecule has 0 atom stereocenters. The summed E-state index contributed by atoms with van der Waals surface area (Å²) in [5.41, 5.74) is 0.935. The third-order valence-corrected chi connectivity index (χ3v) is 2.91. The number of hydrogen-bond acceptors (Lipinski definition) is 4. The highest BCUT2D eigenvalue weighted by Gasteiger charge is 2.10. The summed E-state index contributed by atoms with van der Waals surface area (Å²) in [5.74, 6) is -0.335. The molecule has 0 N–H and O–H groups in total. The van der Waals surface area contributed by atoms with Crippen molar-refractivity contribution in [2.24, 2.45) is 0 Å². The van der Waals surface area contributed by atoms with E-state index in [9.17, 15) is 9.59 Å². The van der Waals surface area contributed by atoms with Gasteiger partial charge in [0, 0.05) is 14.1 Å². The molecular weight excluding hydrogens is 238 g/mol. The van der Waals surface area contributed by atoms with Gasteiger partial charge in [-0.15, -0.1) is 0 Å². The summed E-state index contributed by atoms with van der Waals surface area (Å²) >= 11 is 0.940. The summed E-state index contributed by atoms with van der Waals surface area (Å²) in [6.45, 7) is 0.246. The van der Waals surface area contributed by atoms with Gasteiger partial charge in [0.25, 0.3) is 5.24 Å². The van der Waals surface area contributed by atoms with Gasteiger partial charge in [-0.25, -0.2) is 0 Å². The van der Waals surface area contributed by atoms with Gasteiger partial charge >= 0.3 is 5.97 Å². The highest BCUT2D eigenvalue weighted by Crippen LogP contribution is 2.07. The maximum absolute atomic E-state index is 11.3. The van der Waals surface area contributed by atoms with Gasteiger partial charge in [-0.05, 0) is 5.56 Å². The van der Waals surface area contributed by atoms with Crippen molar-refractivity contribution < 1.29 is 14.3 Å². The van der Waals surface area contributed by atoms with Crippen LogP contribution in [0.2, 0.25) is 0 Å². The van der Waals surface area contributed by atoms with Crippen molar-refractivity contribution in [3.63, 3.8) is 0 Å². The lowest BCUT2D eigenvalue weighted by atomic mass is 10.2. The second-order valence-electron chi connectivity index (χ2n) is 3.60. The molecule has 0 unspecified atom stereocenters. The topological polar surface area (TPSA) is 46.6 Å². The predicted octanol–water partition coefficient (Wildman–Crippen LogP) is 2.14. The molecular formula is C12H15NO3S. The Labute approximate surface area is 105 Å². The number of amides is 1. The molecule has 17 heavy (non-hydrogen) atoms. The van der Waals surface area contributed by atoms with Gasteiger partial charge in [-0.1, -0.05) is 42.1 Å². The van der Waals surface area contributed by atoms with Crippen molar-refractivity contribution in [3.05, 3.63) is 35.9 Å². The number of thioether (sulfide) groups is 1. The second-order valence-corrected chi connectivity index (χ2v) is 4.52. The number of nitrogens with zero attached hydrogens (tertiary/aromatic N) is 1. The third-order valence-electron chi connectivity index (χ3n) is 1.92. The van der Waals surface area contributed by atoms with Crippen LogP contribution in [0, 0.1) is 0 Å². The van der Waals surface area contributed by atoms with Crippen molar-refractivity contribution in [1.82, 2.24) is 4.90 Å². The first-order chi connectivity index (χ1) is 8.09. The Balaban J connectivity index is 2.24. The zero-order valence-corrected chi connectivity index (χ0v) is 10.7. The Morgan fingerprint density at radius 1 is 1.24 bits per heavy atom. The fourth-order valence-corrected chi connectivity index (χ4v) is 1.61. The van der Waals surface area contributed by atoms with Crippen LogP contribution in [0.5, 0.6) is 0 Å². The van der Waals surface area contributed by atoms with Crippen LogP contribution >= 0.6 is 11.8 Å². The molecule has 1 amide bonds. The smallest absolute Gasteiger partial charge is 0.316 e. The first-order valence-electron chi connectivity index (χ1n) is 5.13. The first-order valence-corrected chi connectivity index (χ1v) is 6.12. The summed E-state index contributed by atoms with van der Waals surface area (Å²) in [7, 11) is 3.29. The number of ether oxygens (including phenoxy) is 1. The minimum absolute atomic E-state index is 0.0455. The predicted molar refractivity (Wildman–Crippen MR) is 67.8 cm³/mol. The Morgan fingerprint density at radius 2 is 1.88 bits per heavy atom. The molecule has 0 aromatic heterocycles. The lowest BCUT2D eigenvalue weighted by Gasteiger charge is -2.09. The molecule has 0 heterocycles. The van der Waals surface area contributed by atoms with E-state index >= 15 is 0 Å². The summed E-state index contributed by atoms with van der Waals surface area (Å²) in [6, 6.07) is 9.43. The summed E-state index contributed by atoms with van der Waals surface area (Å²) < 4.78 is 5.03. The van der Waals surface area contributed by atoms with E-state index in [4.69, 9.17) is 4.74 Å². The monoisotopic (exact) mass is 253 g/mol. The van der Waals surface area contributed by atoms with E-state index in [0.29, 0.717) is 0 Å². The average Bonchev–Trinajstić information content (AvgIpc) is 2.34. The van der Waals surface area contributed by atoms with Gasteiger partial charge < -0.3 is 9.64 Å². The standard InChI is InChI=1S/C12H15NO3S/c1-13(2)12(15)17-9-11(14)16-8-10-6-4-3-5-7-10/h3-7H,8-9H2,1-2H3. The summed E-state index contributed by atoms with van der Waals surface area (Å²) in [4.78, 5) is 24.0. The van der Waals surface area contributed by atoms with Gasteiger partial charge in [0.1, 0.15) is 12.4 Å². The lowest BCUT2D eigenvalue weighted by Crippen LogP contribution is -2.19. The van der Waals surface area contributed by atoms with Crippen LogP contribution in [-0.2, 0) is 16.1 Å². The average molecular weight is 253 g/mol. The van der Waals surface area contributed by atoms with E-state index in [-0.39, 0.29) is 23.6 Å². The van der Waals surface area contributed by atoms with Crippen LogP contribution in [0.1, 0.15) is 5.56 Å². The summed E-state index contributed by atoms with van der Waals surface area (Å²) in [5, 5.41) is -0.151. The summed E-state index contributed by atoms with van der Waals surface area (Å²) in [6.07, 6.45) is 0. The maximum atomic E-state index is 11.3. The highest BCUT2D eigenvalue weighted by atomic mass is 32.2. The normalized spacial score (nSPS) is 9.76. The van der Waals surface area contributed by atoms with Gasteiger partial charge in [0.15, 0.2) is 0 Å². The second kappa shape index (κ2) is 6.96. The maximum Gasteiger partial charge on any atom is 0.316 e. The fourth-order valence-electron chi connectivity index (χ4n) is 1.03. The fraction of sp³-hybridized carbons (Fsp3) is 0.333. The minimum atomic E-state index is -0.381. The van der Waals surface area contributed by atoms with Gasteiger partial charge in [-0.2, -0.15) is 0 Å². The van der Waals surface area contributed by atoms with E-state index < -0.39 is 0 Å². The van der Waals surface area contributed by atoms with Crippen LogP contribution in [0.3, 0.4) is 0 Å². The number of esters is 1. The minimum Gasteiger partial charge on any atom is -0.460 e. The molecule has 0 bridgehead atoms.